The van der Waals surface area contributed by atoms with Crippen molar-refractivity contribution < 1.29 is 15.0 Å². The summed E-state index contributed by atoms with van der Waals surface area (Å²) in [4.78, 5) is 10.8. The maximum atomic E-state index is 10.8. The molecule has 1 aromatic rings. The van der Waals surface area contributed by atoms with Crippen LogP contribution in [0.25, 0.3) is 0 Å². The topological polar surface area (TPSA) is 69.6 Å². The van der Waals surface area contributed by atoms with E-state index in [4.69, 9.17) is 5.11 Å². The van der Waals surface area contributed by atoms with E-state index in [-0.39, 0.29) is 5.41 Å². The van der Waals surface area contributed by atoms with Gasteiger partial charge in [-0.3, -0.25) is 0 Å². The molecule has 4 nitrogen and oxygen atoms in total. The normalized spacial score (nSPS) is 15.1. The number of hydrogen-bond acceptors (Lipinski definition) is 2. The first kappa shape index (κ1) is 13.5. The van der Waals surface area contributed by atoms with E-state index < -0.39 is 18.2 Å². The third-order valence-corrected chi connectivity index (χ3v) is 2.67. The minimum Gasteiger partial charge on any atom is -0.465 e. The SMILES string of the molecule is CC(C)(C)C(NC(=O)O)C(O)c1ccccc1. The molecule has 17 heavy (non-hydrogen) atoms. The lowest BCUT2D eigenvalue weighted by Crippen LogP contribution is -2.47. The van der Waals surface area contributed by atoms with Crippen LogP contribution < -0.4 is 5.32 Å². The van der Waals surface area contributed by atoms with Crippen LogP contribution >= 0.6 is 0 Å². The Morgan fingerprint density at radius 3 is 2.18 bits per heavy atom. The van der Waals surface area contributed by atoms with Crippen LogP contribution in [0.4, 0.5) is 4.79 Å². The molecule has 1 rings (SSSR count). The van der Waals surface area contributed by atoms with Crippen molar-refractivity contribution >= 4 is 6.09 Å². The van der Waals surface area contributed by atoms with Gasteiger partial charge in [-0.25, -0.2) is 4.79 Å². The predicted molar refractivity (Wildman–Crippen MR) is 65.8 cm³/mol. The van der Waals surface area contributed by atoms with Crippen LogP contribution in [0, 0.1) is 5.41 Å². The molecule has 0 aliphatic rings. The molecule has 0 aromatic heterocycles. The lowest BCUT2D eigenvalue weighted by Gasteiger charge is -2.34. The van der Waals surface area contributed by atoms with Gasteiger partial charge in [-0.05, 0) is 11.0 Å². The monoisotopic (exact) mass is 237 g/mol. The zero-order valence-corrected chi connectivity index (χ0v) is 10.3. The molecule has 0 saturated carbocycles. The zero-order valence-electron chi connectivity index (χ0n) is 10.3. The smallest absolute Gasteiger partial charge is 0.404 e. The van der Waals surface area contributed by atoms with E-state index in [0.717, 1.165) is 0 Å². The summed E-state index contributed by atoms with van der Waals surface area (Å²) in [5.74, 6) is 0. The molecule has 2 unspecified atom stereocenters. The Morgan fingerprint density at radius 1 is 1.24 bits per heavy atom. The second kappa shape index (κ2) is 5.19. The van der Waals surface area contributed by atoms with Gasteiger partial charge in [-0.1, -0.05) is 51.1 Å². The van der Waals surface area contributed by atoms with Gasteiger partial charge in [0, 0.05) is 0 Å². The Hall–Kier alpha value is -1.55. The van der Waals surface area contributed by atoms with E-state index >= 15 is 0 Å². The molecule has 0 saturated heterocycles. The largest absolute Gasteiger partial charge is 0.465 e. The highest BCUT2D eigenvalue weighted by atomic mass is 16.4. The third-order valence-electron chi connectivity index (χ3n) is 2.67. The average molecular weight is 237 g/mol. The molecule has 3 N–H and O–H groups in total. The first-order chi connectivity index (χ1) is 7.82. The fourth-order valence-electron chi connectivity index (χ4n) is 1.74. The molecular formula is C13H19NO3. The number of aliphatic hydroxyl groups excluding tert-OH is 1. The van der Waals surface area contributed by atoms with Gasteiger partial charge in [0.15, 0.2) is 0 Å². The van der Waals surface area contributed by atoms with Crippen molar-refractivity contribution in [3.8, 4) is 0 Å². The maximum Gasteiger partial charge on any atom is 0.404 e. The molecule has 0 heterocycles. The van der Waals surface area contributed by atoms with E-state index in [9.17, 15) is 9.90 Å². The second-order valence-corrected chi connectivity index (χ2v) is 5.15. The highest BCUT2D eigenvalue weighted by Crippen LogP contribution is 2.29. The molecule has 1 amide bonds. The molecule has 94 valence electrons. The van der Waals surface area contributed by atoms with Crippen LogP contribution in [0.5, 0.6) is 0 Å². The van der Waals surface area contributed by atoms with Crippen molar-refractivity contribution in [3.05, 3.63) is 35.9 Å². The summed E-state index contributed by atoms with van der Waals surface area (Å²) in [5, 5.41) is 21.4. The summed E-state index contributed by atoms with van der Waals surface area (Å²) in [6, 6.07) is 8.51. The van der Waals surface area contributed by atoms with Gasteiger partial charge in [-0.15, -0.1) is 0 Å². The Bertz CT molecular complexity index is 370. The molecule has 0 spiro atoms. The van der Waals surface area contributed by atoms with Crippen molar-refractivity contribution in [1.29, 1.82) is 0 Å². The Kier molecular flexibility index (Phi) is 4.12. The van der Waals surface area contributed by atoms with Gasteiger partial charge >= 0.3 is 6.09 Å². The van der Waals surface area contributed by atoms with Gasteiger partial charge < -0.3 is 15.5 Å². The fourth-order valence-corrected chi connectivity index (χ4v) is 1.74. The van der Waals surface area contributed by atoms with Crippen molar-refractivity contribution in [2.45, 2.75) is 32.9 Å². The van der Waals surface area contributed by atoms with Crippen molar-refractivity contribution in [3.63, 3.8) is 0 Å². The van der Waals surface area contributed by atoms with Gasteiger partial charge in [0.25, 0.3) is 0 Å². The van der Waals surface area contributed by atoms with Gasteiger partial charge in [0.05, 0.1) is 12.1 Å². The predicted octanol–water partition coefficient (Wildman–Crippen LogP) is 2.40. The zero-order chi connectivity index (χ0) is 13.1. The lowest BCUT2D eigenvalue weighted by atomic mass is 9.81. The number of carboxylic acid groups (broad SMARTS) is 1. The van der Waals surface area contributed by atoms with E-state index in [1.807, 2.05) is 39.0 Å². The summed E-state index contributed by atoms with van der Waals surface area (Å²) >= 11 is 0. The standard InChI is InChI=1S/C13H19NO3/c1-13(2,3)11(14-12(16)17)10(15)9-7-5-4-6-8-9/h4-8,10-11,14-15H,1-3H3,(H,16,17). The molecule has 0 aliphatic heterocycles. The molecule has 0 aliphatic carbocycles. The minimum atomic E-state index is -1.13. The summed E-state index contributed by atoms with van der Waals surface area (Å²) in [6.45, 7) is 5.67. The minimum absolute atomic E-state index is 0.367. The van der Waals surface area contributed by atoms with Crippen LogP contribution in [0.1, 0.15) is 32.4 Å². The number of amides is 1. The fraction of sp³-hybridized carbons (Fsp3) is 0.462. The molecule has 4 heteroatoms. The lowest BCUT2D eigenvalue weighted by molar-refractivity contribution is 0.0684. The van der Waals surface area contributed by atoms with Crippen molar-refractivity contribution in [2.24, 2.45) is 5.41 Å². The molecule has 0 bridgehead atoms. The van der Waals surface area contributed by atoms with Gasteiger partial charge in [0.1, 0.15) is 0 Å². The number of benzene rings is 1. The van der Waals surface area contributed by atoms with Crippen molar-refractivity contribution in [1.82, 2.24) is 5.32 Å². The molecule has 1 aromatic carbocycles. The molecule has 0 fully saturated rings. The number of carbonyl (C=O) groups is 1. The van der Waals surface area contributed by atoms with Crippen LogP contribution in [0.3, 0.4) is 0 Å². The number of aliphatic hydroxyl groups is 1. The van der Waals surface area contributed by atoms with Crippen LogP contribution in [-0.4, -0.2) is 22.3 Å². The average Bonchev–Trinajstić information content (AvgIpc) is 2.24. The summed E-state index contributed by atoms with van der Waals surface area (Å²) < 4.78 is 0. The van der Waals surface area contributed by atoms with Crippen LogP contribution in [0.15, 0.2) is 30.3 Å². The molecular weight excluding hydrogens is 218 g/mol. The van der Waals surface area contributed by atoms with Gasteiger partial charge in [-0.2, -0.15) is 0 Å². The Balaban J connectivity index is 2.95. The van der Waals surface area contributed by atoms with E-state index in [1.54, 1.807) is 12.1 Å². The highest BCUT2D eigenvalue weighted by molar-refractivity contribution is 5.65. The van der Waals surface area contributed by atoms with Crippen LogP contribution in [0.2, 0.25) is 0 Å². The van der Waals surface area contributed by atoms with E-state index in [2.05, 4.69) is 5.32 Å². The Labute approximate surface area is 101 Å². The summed E-state index contributed by atoms with van der Waals surface area (Å²) in [7, 11) is 0. The molecule has 2 atom stereocenters. The number of rotatable bonds is 3. The van der Waals surface area contributed by atoms with Crippen molar-refractivity contribution in [2.75, 3.05) is 0 Å². The Morgan fingerprint density at radius 2 is 1.76 bits per heavy atom. The van der Waals surface area contributed by atoms with Gasteiger partial charge in [0.2, 0.25) is 0 Å². The first-order valence-corrected chi connectivity index (χ1v) is 5.55. The first-order valence-electron chi connectivity index (χ1n) is 5.55. The van der Waals surface area contributed by atoms with E-state index in [1.165, 1.54) is 0 Å². The second-order valence-electron chi connectivity index (χ2n) is 5.15. The summed E-state index contributed by atoms with van der Waals surface area (Å²) in [5.41, 5.74) is 0.342. The third kappa shape index (κ3) is 3.75. The van der Waals surface area contributed by atoms with Crippen LogP contribution in [-0.2, 0) is 0 Å². The number of nitrogens with one attached hydrogen (secondary N) is 1. The maximum absolute atomic E-state index is 10.8. The summed E-state index contributed by atoms with van der Waals surface area (Å²) in [6.07, 6.45) is -1.98. The van der Waals surface area contributed by atoms with E-state index in [0.29, 0.717) is 5.56 Å². The quantitative estimate of drug-likeness (QED) is 0.756. The molecule has 0 radical (unpaired) electrons. The number of hydrogen-bond donors (Lipinski definition) is 3. The highest BCUT2D eigenvalue weighted by Gasteiger charge is 2.33.